The summed E-state index contributed by atoms with van der Waals surface area (Å²) in [5, 5.41) is 4.87. The standard InChI is InChI=1S/C16H16N2O3/c1-21-14-9-5-8-13(11-14)17-16(20)18-15(19)10-12-6-3-2-4-7-12/h2-9,11H,10H2,1H3,(H2,17,18,19,20). The number of benzene rings is 2. The van der Waals surface area contributed by atoms with Gasteiger partial charge in [-0.1, -0.05) is 36.4 Å². The zero-order valence-electron chi connectivity index (χ0n) is 11.6. The zero-order valence-corrected chi connectivity index (χ0v) is 11.6. The van der Waals surface area contributed by atoms with E-state index in [2.05, 4.69) is 10.6 Å². The highest BCUT2D eigenvalue weighted by Crippen LogP contribution is 2.16. The molecule has 0 aromatic heterocycles. The number of anilines is 1. The van der Waals surface area contributed by atoms with E-state index >= 15 is 0 Å². The number of nitrogens with one attached hydrogen (secondary N) is 2. The van der Waals surface area contributed by atoms with Crippen LogP contribution in [0.2, 0.25) is 0 Å². The van der Waals surface area contributed by atoms with Crippen LogP contribution < -0.4 is 15.4 Å². The number of imide groups is 1. The number of carbonyl (C=O) groups excluding carboxylic acids is 2. The van der Waals surface area contributed by atoms with Gasteiger partial charge in [-0.15, -0.1) is 0 Å². The summed E-state index contributed by atoms with van der Waals surface area (Å²) < 4.78 is 5.06. The van der Waals surface area contributed by atoms with E-state index in [-0.39, 0.29) is 12.3 Å². The number of urea groups is 1. The third-order valence-electron chi connectivity index (χ3n) is 2.79. The second-order valence-corrected chi connectivity index (χ2v) is 4.40. The molecule has 0 unspecified atom stereocenters. The fraction of sp³-hybridized carbons (Fsp3) is 0.125. The molecule has 0 spiro atoms. The number of amides is 3. The Morgan fingerprint density at radius 1 is 1.05 bits per heavy atom. The van der Waals surface area contributed by atoms with E-state index in [0.29, 0.717) is 11.4 Å². The van der Waals surface area contributed by atoms with Gasteiger partial charge in [0.25, 0.3) is 0 Å². The van der Waals surface area contributed by atoms with Crippen LogP contribution in [-0.4, -0.2) is 19.0 Å². The second kappa shape index (κ2) is 7.09. The van der Waals surface area contributed by atoms with Crippen LogP contribution in [0.25, 0.3) is 0 Å². The van der Waals surface area contributed by atoms with Gasteiger partial charge in [-0.3, -0.25) is 10.1 Å². The van der Waals surface area contributed by atoms with Crippen LogP contribution in [0.5, 0.6) is 5.75 Å². The van der Waals surface area contributed by atoms with Gasteiger partial charge in [0, 0.05) is 11.8 Å². The summed E-state index contributed by atoms with van der Waals surface area (Å²) in [6.45, 7) is 0. The Bertz CT molecular complexity index is 626. The van der Waals surface area contributed by atoms with Gasteiger partial charge in [-0.2, -0.15) is 0 Å². The molecule has 108 valence electrons. The summed E-state index contributed by atoms with van der Waals surface area (Å²) in [5.41, 5.74) is 1.41. The zero-order chi connectivity index (χ0) is 15.1. The number of carbonyl (C=O) groups is 2. The molecule has 0 saturated carbocycles. The highest BCUT2D eigenvalue weighted by atomic mass is 16.5. The third-order valence-corrected chi connectivity index (χ3v) is 2.79. The van der Waals surface area contributed by atoms with Gasteiger partial charge in [-0.05, 0) is 17.7 Å². The molecule has 2 N–H and O–H groups in total. The van der Waals surface area contributed by atoms with Crippen LogP contribution >= 0.6 is 0 Å². The molecule has 0 aliphatic rings. The molecule has 0 radical (unpaired) electrons. The van der Waals surface area contributed by atoms with Crippen molar-refractivity contribution in [2.45, 2.75) is 6.42 Å². The van der Waals surface area contributed by atoms with Crippen LogP contribution in [0.1, 0.15) is 5.56 Å². The molecule has 3 amide bonds. The minimum atomic E-state index is -0.566. The van der Waals surface area contributed by atoms with Crippen LogP contribution in [0, 0.1) is 0 Å². The van der Waals surface area contributed by atoms with E-state index in [9.17, 15) is 9.59 Å². The van der Waals surface area contributed by atoms with E-state index in [1.807, 2.05) is 30.3 Å². The van der Waals surface area contributed by atoms with Crippen molar-refractivity contribution >= 4 is 17.6 Å². The Labute approximate surface area is 122 Å². The Kier molecular flexibility index (Phi) is 4.93. The molecular formula is C16H16N2O3. The molecule has 2 aromatic rings. The first-order valence-electron chi connectivity index (χ1n) is 6.46. The molecule has 0 bridgehead atoms. The third kappa shape index (κ3) is 4.65. The molecular weight excluding hydrogens is 268 g/mol. The van der Waals surface area contributed by atoms with Crippen molar-refractivity contribution in [3.05, 3.63) is 60.2 Å². The molecule has 0 fully saturated rings. The maximum Gasteiger partial charge on any atom is 0.325 e. The predicted octanol–water partition coefficient (Wildman–Crippen LogP) is 2.59. The largest absolute Gasteiger partial charge is 0.497 e. The lowest BCUT2D eigenvalue weighted by molar-refractivity contribution is -0.119. The molecule has 21 heavy (non-hydrogen) atoms. The van der Waals surface area contributed by atoms with Crippen molar-refractivity contribution < 1.29 is 14.3 Å². The summed E-state index contributed by atoms with van der Waals surface area (Å²) in [7, 11) is 1.54. The lowest BCUT2D eigenvalue weighted by Crippen LogP contribution is -2.35. The van der Waals surface area contributed by atoms with Crippen molar-refractivity contribution in [3.63, 3.8) is 0 Å². The second-order valence-electron chi connectivity index (χ2n) is 4.40. The summed E-state index contributed by atoms with van der Waals surface area (Å²) in [4.78, 5) is 23.5. The molecule has 0 saturated heterocycles. The maximum absolute atomic E-state index is 11.7. The molecule has 2 aromatic carbocycles. The van der Waals surface area contributed by atoms with E-state index in [4.69, 9.17) is 4.74 Å². The Hall–Kier alpha value is -2.82. The number of hydrogen-bond donors (Lipinski definition) is 2. The first-order valence-corrected chi connectivity index (χ1v) is 6.46. The van der Waals surface area contributed by atoms with E-state index in [1.165, 1.54) is 0 Å². The minimum Gasteiger partial charge on any atom is -0.497 e. The van der Waals surface area contributed by atoms with Crippen molar-refractivity contribution in [2.24, 2.45) is 0 Å². The first-order chi connectivity index (χ1) is 10.2. The Morgan fingerprint density at radius 2 is 1.81 bits per heavy atom. The minimum absolute atomic E-state index is 0.159. The Balaban J connectivity index is 1.87. The molecule has 2 rings (SSSR count). The average Bonchev–Trinajstić information content (AvgIpc) is 2.48. The summed E-state index contributed by atoms with van der Waals surface area (Å²) in [6, 6.07) is 15.6. The normalized spacial score (nSPS) is 9.76. The van der Waals surface area contributed by atoms with E-state index in [1.54, 1.807) is 31.4 Å². The van der Waals surface area contributed by atoms with Gasteiger partial charge in [0.05, 0.1) is 13.5 Å². The van der Waals surface area contributed by atoms with Crippen molar-refractivity contribution in [2.75, 3.05) is 12.4 Å². The van der Waals surface area contributed by atoms with Gasteiger partial charge in [0.1, 0.15) is 5.75 Å². The first kappa shape index (κ1) is 14.6. The number of ether oxygens (including phenoxy) is 1. The molecule has 0 aliphatic carbocycles. The lowest BCUT2D eigenvalue weighted by atomic mass is 10.1. The van der Waals surface area contributed by atoms with Crippen LogP contribution in [0.4, 0.5) is 10.5 Å². The SMILES string of the molecule is COc1cccc(NC(=O)NC(=O)Cc2ccccc2)c1. The fourth-order valence-electron chi connectivity index (χ4n) is 1.82. The van der Waals surface area contributed by atoms with Crippen LogP contribution in [0.15, 0.2) is 54.6 Å². The molecule has 5 nitrogen and oxygen atoms in total. The lowest BCUT2D eigenvalue weighted by Gasteiger charge is -2.08. The van der Waals surface area contributed by atoms with Crippen molar-refractivity contribution in [1.82, 2.24) is 5.32 Å². The van der Waals surface area contributed by atoms with Crippen molar-refractivity contribution in [3.8, 4) is 5.75 Å². The fourth-order valence-corrected chi connectivity index (χ4v) is 1.82. The molecule has 0 heterocycles. The molecule has 0 aliphatic heterocycles. The molecule has 5 heteroatoms. The summed E-state index contributed by atoms with van der Waals surface area (Å²) in [5.74, 6) is 0.269. The highest BCUT2D eigenvalue weighted by Gasteiger charge is 2.08. The van der Waals surface area contributed by atoms with Gasteiger partial charge in [0.2, 0.25) is 5.91 Å². The number of rotatable bonds is 4. The highest BCUT2D eigenvalue weighted by molar-refractivity contribution is 6.01. The van der Waals surface area contributed by atoms with Gasteiger partial charge in [-0.25, -0.2) is 4.79 Å². The van der Waals surface area contributed by atoms with Crippen LogP contribution in [0.3, 0.4) is 0 Å². The number of hydrogen-bond acceptors (Lipinski definition) is 3. The maximum atomic E-state index is 11.7. The van der Waals surface area contributed by atoms with Crippen LogP contribution in [-0.2, 0) is 11.2 Å². The summed E-state index contributed by atoms with van der Waals surface area (Å²) in [6.07, 6.45) is 0.159. The molecule has 0 atom stereocenters. The topological polar surface area (TPSA) is 67.4 Å². The summed E-state index contributed by atoms with van der Waals surface area (Å²) >= 11 is 0. The van der Waals surface area contributed by atoms with Crippen molar-refractivity contribution in [1.29, 1.82) is 0 Å². The number of methoxy groups -OCH3 is 1. The van der Waals surface area contributed by atoms with Gasteiger partial charge in [0.15, 0.2) is 0 Å². The van der Waals surface area contributed by atoms with E-state index < -0.39 is 6.03 Å². The Morgan fingerprint density at radius 3 is 2.52 bits per heavy atom. The van der Waals surface area contributed by atoms with E-state index in [0.717, 1.165) is 5.56 Å². The smallest absolute Gasteiger partial charge is 0.325 e. The van der Waals surface area contributed by atoms with Gasteiger partial charge >= 0.3 is 6.03 Å². The van der Waals surface area contributed by atoms with Gasteiger partial charge < -0.3 is 10.1 Å². The average molecular weight is 284 g/mol. The predicted molar refractivity (Wildman–Crippen MR) is 80.3 cm³/mol. The monoisotopic (exact) mass is 284 g/mol. The quantitative estimate of drug-likeness (QED) is 0.906.